The molecule has 5 nitrogen and oxygen atoms in total. The molecule has 1 heterocycles. The van der Waals surface area contributed by atoms with Crippen LogP contribution in [0.3, 0.4) is 0 Å². The van der Waals surface area contributed by atoms with Gasteiger partial charge in [-0.15, -0.1) is 0 Å². The van der Waals surface area contributed by atoms with Crippen molar-refractivity contribution in [3.05, 3.63) is 41.2 Å². The van der Waals surface area contributed by atoms with Crippen LogP contribution in [0.15, 0.2) is 30.1 Å². The fraction of sp³-hybridized carbons (Fsp3) is 0.591. The summed E-state index contributed by atoms with van der Waals surface area (Å²) in [5, 5.41) is 6.06. The summed E-state index contributed by atoms with van der Waals surface area (Å²) < 4.78 is 0. The van der Waals surface area contributed by atoms with Gasteiger partial charge in [-0.05, 0) is 51.0 Å². The first kappa shape index (κ1) is 19.6. The van der Waals surface area contributed by atoms with Gasteiger partial charge < -0.3 is 10.6 Å². The third kappa shape index (κ3) is 6.19. The first-order valence-corrected chi connectivity index (χ1v) is 10.4. The smallest absolute Gasteiger partial charge is 0.253 e. The molecule has 146 valence electrons. The Morgan fingerprint density at radius 3 is 2.41 bits per heavy atom. The van der Waals surface area contributed by atoms with Gasteiger partial charge in [0.1, 0.15) is 0 Å². The van der Waals surface area contributed by atoms with Gasteiger partial charge in [0, 0.05) is 25.0 Å². The topological polar surface area (TPSA) is 71.1 Å². The van der Waals surface area contributed by atoms with Gasteiger partial charge >= 0.3 is 0 Å². The van der Waals surface area contributed by atoms with Gasteiger partial charge in [0.05, 0.1) is 11.1 Å². The second-order valence-electron chi connectivity index (χ2n) is 7.74. The molecule has 27 heavy (non-hydrogen) atoms. The first-order valence-electron chi connectivity index (χ1n) is 10.4. The van der Waals surface area contributed by atoms with Gasteiger partial charge in [0.15, 0.2) is 0 Å². The molecule has 5 heteroatoms. The minimum absolute atomic E-state index is 0.128. The fourth-order valence-electron chi connectivity index (χ4n) is 3.95. The first-order chi connectivity index (χ1) is 13.2. The molecule has 2 aliphatic rings. The van der Waals surface area contributed by atoms with Crippen molar-refractivity contribution in [2.45, 2.75) is 76.7 Å². The van der Waals surface area contributed by atoms with E-state index in [2.05, 4.69) is 21.7 Å². The summed E-state index contributed by atoms with van der Waals surface area (Å²) in [5.41, 5.74) is 2.35. The van der Waals surface area contributed by atoms with Crippen molar-refractivity contribution < 1.29 is 9.59 Å². The minimum Gasteiger partial charge on any atom is -0.352 e. The Kier molecular flexibility index (Phi) is 7.43. The summed E-state index contributed by atoms with van der Waals surface area (Å²) in [4.78, 5) is 29.0. The van der Waals surface area contributed by atoms with Crippen LogP contribution in [0.25, 0.3) is 0 Å². The van der Waals surface area contributed by atoms with Gasteiger partial charge in [0.2, 0.25) is 0 Å². The largest absolute Gasteiger partial charge is 0.352 e. The summed E-state index contributed by atoms with van der Waals surface area (Å²) in [6.07, 6.45) is 18.0. The second kappa shape index (κ2) is 10.2. The molecule has 1 aromatic rings. The monoisotopic (exact) mass is 369 g/mol. The van der Waals surface area contributed by atoms with E-state index in [4.69, 9.17) is 0 Å². The standard InChI is InChI=1S/C22H31N3O2/c26-21(24-13-12-17-8-4-3-5-9-17)18-14-19(16-23-15-18)22(27)25-20-10-6-1-2-7-11-20/h8,14-16,20H,1-7,9-13H2,(H,24,26)(H,25,27). The summed E-state index contributed by atoms with van der Waals surface area (Å²) >= 11 is 0. The number of hydrogen-bond donors (Lipinski definition) is 2. The molecule has 1 fully saturated rings. The lowest BCUT2D eigenvalue weighted by Gasteiger charge is -2.16. The number of carbonyl (C=O) groups is 2. The number of rotatable bonds is 6. The van der Waals surface area contributed by atoms with E-state index in [-0.39, 0.29) is 17.9 Å². The molecule has 0 radical (unpaired) electrons. The van der Waals surface area contributed by atoms with Crippen LogP contribution < -0.4 is 10.6 Å². The molecule has 0 bridgehead atoms. The number of pyridine rings is 1. The van der Waals surface area contributed by atoms with E-state index < -0.39 is 0 Å². The minimum atomic E-state index is -0.164. The zero-order valence-electron chi connectivity index (χ0n) is 16.1. The highest BCUT2D eigenvalue weighted by Gasteiger charge is 2.17. The summed E-state index contributed by atoms with van der Waals surface area (Å²) in [7, 11) is 0. The van der Waals surface area contributed by atoms with E-state index >= 15 is 0 Å². The van der Waals surface area contributed by atoms with Gasteiger partial charge in [-0.3, -0.25) is 14.6 Å². The summed E-state index contributed by atoms with van der Waals surface area (Å²) in [6.45, 7) is 0.628. The molecule has 2 N–H and O–H groups in total. The number of nitrogens with one attached hydrogen (secondary N) is 2. The zero-order chi connectivity index (χ0) is 18.9. The third-order valence-corrected chi connectivity index (χ3v) is 5.57. The van der Waals surface area contributed by atoms with Crippen LogP contribution in [-0.4, -0.2) is 29.4 Å². The maximum atomic E-state index is 12.5. The van der Waals surface area contributed by atoms with Gasteiger partial charge in [-0.2, -0.15) is 0 Å². The molecule has 0 spiro atoms. The van der Waals surface area contributed by atoms with Crippen LogP contribution in [0, 0.1) is 0 Å². The van der Waals surface area contributed by atoms with E-state index in [0.717, 1.165) is 32.1 Å². The molecular weight excluding hydrogens is 338 g/mol. The van der Waals surface area contributed by atoms with Gasteiger partial charge in [-0.1, -0.05) is 37.3 Å². The Balaban J connectivity index is 1.51. The highest BCUT2D eigenvalue weighted by molar-refractivity contribution is 5.99. The normalized spacial score (nSPS) is 18.3. The number of nitrogens with zero attached hydrogens (tertiary/aromatic N) is 1. The highest BCUT2D eigenvalue weighted by atomic mass is 16.2. The Morgan fingerprint density at radius 2 is 1.70 bits per heavy atom. The van der Waals surface area contributed by atoms with Crippen LogP contribution in [0.5, 0.6) is 0 Å². The van der Waals surface area contributed by atoms with Crippen LogP contribution in [0.2, 0.25) is 0 Å². The van der Waals surface area contributed by atoms with E-state index in [1.165, 1.54) is 56.5 Å². The predicted molar refractivity (Wildman–Crippen MR) is 107 cm³/mol. The zero-order valence-corrected chi connectivity index (χ0v) is 16.1. The van der Waals surface area contributed by atoms with E-state index in [0.29, 0.717) is 17.7 Å². The quantitative estimate of drug-likeness (QED) is 0.584. The summed E-state index contributed by atoms with van der Waals surface area (Å²) in [6, 6.07) is 1.88. The van der Waals surface area contributed by atoms with Crippen molar-refractivity contribution >= 4 is 11.8 Å². The van der Waals surface area contributed by atoms with Crippen LogP contribution in [0.4, 0.5) is 0 Å². The molecule has 2 aliphatic carbocycles. The molecule has 0 unspecified atom stereocenters. The summed E-state index contributed by atoms with van der Waals surface area (Å²) in [5.74, 6) is -0.292. The fourth-order valence-corrected chi connectivity index (χ4v) is 3.95. The molecule has 0 aliphatic heterocycles. The van der Waals surface area contributed by atoms with Gasteiger partial charge in [-0.25, -0.2) is 0 Å². The Bertz CT molecular complexity index is 676. The predicted octanol–water partition coefficient (Wildman–Crippen LogP) is 4.15. The molecule has 3 rings (SSSR count). The Morgan fingerprint density at radius 1 is 0.963 bits per heavy atom. The van der Waals surface area contributed by atoms with Crippen molar-refractivity contribution in [3.63, 3.8) is 0 Å². The number of carbonyl (C=O) groups excluding carboxylic acids is 2. The Labute approximate surface area is 162 Å². The second-order valence-corrected chi connectivity index (χ2v) is 7.74. The third-order valence-electron chi connectivity index (χ3n) is 5.57. The van der Waals surface area contributed by atoms with Gasteiger partial charge in [0.25, 0.3) is 11.8 Å². The number of allylic oxidation sites excluding steroid dienone is 1. The van der Waals surface area contributed by atoms with Crippen molar-refractivity contribution in [1.29, 1.82) is 0 Å². The molecule has 1 saturated carbocycles. The number of hydrogen-bond acceptors (Lipinski definition) is 3. The molecule has 1 aromatic heterocycles. The van der Waals surface area contributed by atoms with Crippen molar-refractivity contribution in [2.24, 2.45) is 0 Å². The van der Waals surface area contributed by atoms with Crippen molar-refractivity contribution in [2.75, 3.05) is 6.54 Å². The maximum absolute atomic E-state index is 12.5. The lowest BCUT2D eigenvalue weighted by atomic mass is 9.97. The molecule has 2 amide bonds. The lowest BCUT2D eigenvalue weighted by molar-refractivity contribution is 0.0933. The SMILES string of the molecule is O=C(NCCC1=CCCCC1)c1cncc(C(=O)NC2CCCCCC2)c1. The van der Waals surface area contributed by atoms with E-state index in [1.807, 2.05) is 0 Å². The molecular formula is C22H31N3O2. The Hall–Kier alpha value is -2.17. The number of amides is 2. The van der Waals surface area contributed by atoms with Crippen molar-refractivity contribution in [1.82, 2.24) is 15.6 Å². The van der Waals surface area contributed by atoms with Crippen LogP contribution in [-0.2, 0) is 0 Å². The van der Waals surface area contributed by atoms with E-state index in [1.54, 1.807) is 6.07 Å². The van der Waals surface area contributed by atoms with Crippen molar-refractivity contribution in [3.8, 4) is 0 Å². The van der Waals surface area contributed by atoms with E-state index in [9.17, 15) is 9.59 Å². The average Bonchev–Trinajstić information content (AvgIpc) is 2.97. The molecule has 0 atom stereocenters. The van der Waals surface area contributed by atoms with Crippen LogP contribution in [0.1, 0.15) is 91.3 Å². The maximum Gasteiger partial charge on any atom is 0.253 e. The molecule has 0 saturated heterocycles. The number of aromatic nitrogens is 1. The lowest BCUT2D eigenvalue weighted by Crippen LogP contribution is -2.34. The average molecular weight is 370 g/mol. The molecule has 0 aromatic carbocycles. The van der Waals surface area contributed by atoms with Crippen LogP contribution >= 0.6 is 0 Å². The highest BCUT2D eigenvalue weighted by Crippen LogP contribution is 2.19.